The van der Waals surface area contributed by atoms with Gasteiger partial charge in [-0.15, -0.1) is 0 Å². The van der Waals surface area contributed by atoms with Gasteiger partial charge in [0.05, 0.1) is 5.69 Å². The van der Waals surface area contributed by atoms with Crippen molar-refractivity contribution in [1.29, 1.82) is 0 Å². The van der Waals surface area contributed by atoms with Crippen LogP contribution in [0.15, 0.2) is 0 Å². The van der Waals surface area contributed by atoms with E-state index in [2.05, 4.69) is 38.2 Å². The van der Waals surface area contributed by atoms with Gasteiger partial charge in [0.2, 0.25) is 0 Å². The molecular formula is C17H31N3. The van der Waals surface area contributed by atoms with Crippen LogP contribution in [0.1, 0.15) is 74.9 Å². The molecule has 20 heavy (non-hydrogen) atoms. The Bertz CT molecular complexity index is 414. The summed E-state index contributed by atoms with van der Waals surface area (Å²) in [7, 11) is 2.07. The van der Waals surface area contributed by atoms with E-state index in [1.54, 1.807) is 0 Å². The molecular weight excluding hydrogens is 246 g/mol. The smallest absolute Gasteiger partial charge is 0.0644 e. The molecule has 0 aromatic carbocycles. The zero-order valence-electron chi connectivity index (χ0n) is 13.7. The van der Waals surface area contributed by atoms with E-state index < -0.39 is 0 Å². The second-order valence-corrected chi connectivity index (χ2v) is 6.39. The summed E-state index contributed by atoms with van der Waals surface area (Å²) in [6, 6.07) is 0.502. The van der Waals surface area contributed by atoms with Crippen molar-refractivity contribution in [3.05, 3.63) is 17.0 Å². The first kappa shape index (κ1) is 15.6. The van der Waals surface area contributed by atoms with Gasteiger partial charge in [-0.3, -0.25) is 4.68 Å². The molecule has 3 nitrogen and oxygen atoms in total. The van der Waals surface area contributed by atoms with E-state index in [9.17, 15) is 0 Å². The van der Waals surface area contributed by atoms with E-state index in [4.69, 9.17) is 0 Å². The van der Waals surface area contributed by atoms with Gasteiger partial charge in [-0.25, -0.2) is 0 Å². The minimum Gasteiger partial charge on any atom is -0.310 e. The van der Waals surface area contributed by atoms with Gasteiger partial charge in [-0.2, -0.15) is 5.10 Å². The highest BCUT2D eigenvalue weighted by atomic mass is 15.3. The number of hydrogen-bond acceptors (Lipinski definition) is 2. The van der Waals surface area contributed by atoms with Gasteiger partial charge in [-0.1, -0.05) is 32.6 Å². The van der Waals surface area contributed by atoms with Crippen molar-refractivity contribution in [2.45, 2.75) is 71.8 Å². The molecule has 1 aliphatic rings. The molecule has 1 heterocycles. The lowest BCUT2D eigenvalue weighted by atomic mass is 9.86. The lowest BCUT2D eigenvalue weighted by Gasteiger charge is -2.28. The molecule has 0 spiro atoms. The third-order valence-electron chi connectivity index (χ3n) is 4.86. The summed E-state index contributed by atoms with van der Waals surface area (Å²) in [6.07, 6.45) is 9.57. The standard InChI is InChI=1S/C17H31N3/c1-5-12-18-17(15-10-8-6-7-9-11-15)16-13(2)19-20(4)14(16)3/h15,17-18H,5-12H2,1-4H3. The molecule has 1 atom stereocenters. The van der Waals surface area contributed by atoms with Crippen molar-refractivity contribution >= 4 is 0 Å². The van der Waals surface area contributed by atoms with Crippen molar-refractivity contribution in [2.24, 2.45) is 13.0 Å². The van der Waals surface area contributed by atoms with Crippen LogP contribution in [0.5, 0.6) is 0 Å². The normalized spacial score (nSPS) is 19.0. The predicted molar refractivity (Wildman–Crippen MR) is 84.9 cm³/mol. The van der Waals surface area contributed by atoms with Crippen LogP contribution in [-0.2, 0) is 7.05 Å². The summed E-state index contributed by atoms with van der Waals surface area (Å²) in [5, 5.41) is 8.46. The molecule has 0 amide bonds. The number of nitrogens with zero attached hydrogens (tertiary/aromatic N) is 2. The molecule has 3 heteroatoms. The Morgan fingerprint density at radius 2 is 1.85 bits per heavy atom. The molecule has 1 fully saturated rings. The number of aryl methyl sites for hydroxylation is 2. The summed E-state index contributed by atoms with van der Waals surface area (Å²) >= 11 is 0. The predicted octanol–water partition coefficient (Wildman–Crippen LogP) is 4.05. The summed E-state index contributed by atoms with van der Waals surface area (Å²) in [5.41, 5.74) is 4.01. The van der Waals surface area contributed by atoms with Crippen LogP contribution in [0.3, 0.4) is 0 Å². The average molecular weight is 277 g/mol. The second-order valence-electron chi connectivity index (χ2n) is 6.39. The lowest BCUT2D eigenvalue weighted by molar-refractivity contribution is 0.324. The van der Waals surface area contributed by atoms with Crippen molar-refractivity contribution in [2.75, 3.05) is 6.54 Å². The van der Waals surface area contributed by atoms with Crippen LogP contribution in [0, 0.1) is 19.8 Å². The highest BCUT2D eigenvalue weighted by Gasteiger charge is 2.28. The molecule has 1 N–H and O–H groups in total. The van der Waals surface area contributed by atoms with Crippen molar-refractivity contribution in [3.63, 3.8) is 0 Å². The maximum absolute atomic E-state index is 4.63. The van der Waals surface area contributed by atoms with E-state index in [1.807, 2.05) is 4.68 Å². The second kappa shape index (κ2) is 7.26. The van der Waals surface area contributed by atoms with Crippen molar-refractivity contribution < 1.29 is 0 Å². The number of rotatable bonds is 5. The quantitative estimate of drug-likeness (QED) is 0.823. The van der Waals surface area contributed by atoms with Gasteiger partial charge >= 0.3 is 0 Å². The first-order chi connectivity index (χ1) is 9.65. The minimum absolute atomic E-state index is 0.502. The first-order valence-corrected chi connectivity index (χ1v) is 8.38. The zero-order valence-corrected chi connectivity index (χ0v) is 13.7. The summed E-state index contributed by atoms with van der Waals surface area (Å²) < 4.78 is 2.04. The first-order valence-electron chi connectivity index (χ1n) is 8.38. The molecule has 0 radical (unpaired) electrons. The molecule has 2 rings (SSSR count). The Morgan fingerprint density at radius 3 is 2.35 bits per heavy atom. The Hall–Kier alpha value is -0.830. The molecule has 1 aliphatic carbocycles. The molecule has 0 bridgehead atoms. The topological polar surface area (TPSA) is 29.9 Å². The Morgan fingerprint density at radius 1 is 1.20 bits per heavy atom. The number of hydrogen-bond donors (Lipinski definition) is 1. The van der Waals surface area contributed by atoms with E-state index >= 15 is 0 Å². The van der Waals surface area contributed by atoms with Gasteiger partial charge in [-0.05, 0) is 45.6 Å². The molecule has 0 aliphatic heterocycles. The molecule has 1 unspecified atom stereocenters. The maximum atomic E-state index is 4.63. The third kappa shape index (κ3) is 3.43. The molecule has 1 aromatic heterocycles. The van der Waals surface area contributed by atoms with Gasteiger partial charge in [0.15, 0.2) is 0 Å². The van der Waals surface area contributed by atoms with Gasteiger partial charge in [0.25, 0.3) is 0 Å². The fraction of sp³-hybridized carbons (Fsp3) is 0.824. The van der Waals surface area contributed by atoms with Crippen LogP contribution in [0.4, 0.5) is 0 Å². The van der Waals surface area contributed by atoms with Crippen molar-refractivity contribution in [1.82, 2.24) is 15.1 Å². The Kier molecular flexibility index (Phi) is 5.64. The van der Waals surface area contributed by atoms with Crippen LogP contribution in [0.2, 0.25) is 0 Å². The van der Waals surface area contributed by atoms with E-state index in [0.29, 0.717) is 6.04 Å². The van der Waals surface area contributed by atoms with Crippen LogP contribution in [0.25, 0.3) is 0 Å². The van der Waals surface area contributed by atoms with E-state index in [1.165, 1.54) is 61.9 Å². The number of aromatic nitrogens is 2. The van der Waals surface area contributed by atoms with Gasteiger partial charge < -0.3 is 5.32 Å². The van der Waals surface area contributed by atoms with Crippen LogP contribution in [-0.4, -0.2) is 16.3 Å². The molecule has 114 valence electrons. The average Bonchev–Trinajstić information content (AvgIpc) is 2.66. The van der Waals surface area contributed by atoms with Crippen molar-refractivity contribution in [3.8, 4) is 0 Å². The van der Waals surface area contributed by atoms with Gasteiger partial charge in [0.1, 0.15) is 0 Å². The summed E-state index contributed by atoms with van der Waals surface area (Å²) in [4.78, 5) is 0. The minimum atomic E-state index is 0.502. The molecule has 1 aromatic rings. The largest absolute Gasteiger partial charge is 0.310 e. The maximum Gasteiger partial charge on any atom is 0.0644 e. The summed E-state index contributed by atoms with van der Waals surface area (Å²) in [5.74, 6) is 0.783. The third-order valence-corrected chi connectivity index (χ3v) is 4.86. The molecule has 0 saturated heterocycles. The fourth-order valence-electron chi connectivity index (χ4n) is 3.69. The lowest BCUT2D eigenvalue weighted by Crippen LogP contribution is -2.30. The molecule has 1 saturated carbocycles. The Balaban J connectivity index is 2.25. The van der Waals surface area contributed by atoms with Crippen LogP contribution >= 0.6 is 0 Å². The number of nitrogens with one attached hydrogen (secondary N) is 1. The zero-order chi connectivity index (χ0) is 14.5. The van der Waals surface area contributed by atoms with Gasteiger partial charge in [0, 0.05) is 24.3 Å². The van der Waals surface area contributed by atoms with E-state index in [-0.39, 0.29) is 0 Å². The van der Waals surface area contributed by atoms with Crippen LogP contribution < -0.4 is 5.32 Å². The highest BCUT2D eigenvalue weighted by molar-refractivity contribution is 5.29. The monoisotopic (exact) mass is 277 g/mol. The SMILES string of the molecule is CCCNC(c1c(C)nn(C)c1C)C1CCCCCC1. The Labute approximate surface area is 124 Å². The highest BCUT2D eigenvalue weighted by Crippen LogP contribution is 2.36. The summed E-state index contributed by atoms with van der Waals surface area (Å²) in [6.45, 7) is 7.74. The van der Waals surface area contributed by atoms with E-state index in [0.717, 1.165) is 12.5 Å². The fourth-order valence-corrected chi connectivity index (χ4v) is 3.69.